The highest BCUT2D eigenvalue weighted by Crippen LogP contribution is 2.29. The molecule has 3 heteroatoms. The normalized spacial score (nSPS) is 14.9. The molecule has 178 valence electrons. The number of hydrogen-bond acceptors (Lipinski definition) is 2. The number of allylic oxidation sites excluding steroid dienone is 1. The van der Waals surface area contributed by atoms with Gasteiger partial charge in [0.2, 0.25) is 0 Å². The lowest BCUT2D eigenvalue weighted by Crippen LogP contribution is -2.24. The molecule has 6 rings (SSSR count). The van der Waals surface area contributed by atoms with Crippen LogP contribution in [0.25, 0.3) is 28.0 Å². The van der Waals surface area contributed by atoms with Crippen molar-refractivity contribution in [3.63, 3.8) is 0 Å². The van der Waals surface area contributed by atoms with Gasteiger partial charge in [-0.25, -0.2) is 0 Å². The van der Waals surface area contributed by atoms with Crippen molar-refractivity contribution in [2.75, 3.05) is 0 Å². The second-order valence-corrected chi connectivity index (χ2v) is 9.50. The largest absolute Gasteiger partial charge is 0.360 e. The number of nitrogens with one attached hydrogen (secondary N) is 1. The molecule has 0 aromatic heterocycles. The average Bonchev–Trinajstić information content (AvgIpc) is 2.98. The minimum atomic E-state index is -0.169. The molecule has 0 amide bonds. The third-order valence-corrected chi connectivity index (χ3v) is 6.83. The molecule has 0 bridgehead atoms. The van der Waals surface area contributed by atoms with E-state index in [4.69, 9.17) is 16.6 Å². The van der Waals surface area contributed by atoms with Crippen molar-refractivity contribution in [2.45, 2.75) is 6.17 Å². The van der Waals surface area contributed by atoms with Crippen molar-refractivity contribution in [3.8, 4) is 22.3 Å². The zero-order valence-electron chi connectivity index (χ0n) is 20.2. The monoisotopic (exact) mass is 496 g/mol. The second-order valence-electron chi connectivity index (χ2n) is 9.06. The van der Waals surface area contributed by atoms with E-state index in [2.05, 4.69) is 115 Å². The van der Waals surface area contributed by atoms with Gasteiger partial charge in [-0.2, -0.15) is 0 Å². The smallest absolute Gasteiger partial charge is 0.145 e. The summed E-state index contributed by atoms with van der Waals surface area (Å²) in [7, 11) is 0. The summed E-state index contributed by atoms with van der Waals surface area (Å²) < 4.78 is 0. The Balaban J connectivity index is 1.35. The zero-order chi connectivity index (χ0) is 25.0. The van der Waals surface area contributed by atoms with Crippen molar-refractivity contribution in [1.29, 1.82) is 0 Å². The van der Waals surface area contributed by atoms with Crippen molar-refractivity contribution < 1.29 is 0 Å². The summed E-state index contributed by atoms with van der Waals surface area (Å²) in [4.78, 5) is 5.09. The van der Waals surface area contributed by atoms with Gasteiger partial charge in [0.25, 0.3) is 0 Å². The molecule has 0 fully saturated rings. The summed E-state index contributed by atoms with van der Waals surface area (Å²) in [6.45, 7) is 0. The van der Waals surface area contributed by atoms with Crippen LogP contribution in [0.5, 0.6) is 0 Å². The lowest BCUT2D eigenvalue weighted by Gasteiger charge is -2.25. The van der Waals surface area contributed by atoms with E-state index < -0.39 is 0 Å². The summed E-state index contributed by atoms with van der Waals surface area (Å²) >= 11 is 6.21. The predicted molar refractivity (Wildman–Crippen MR) is 156 cm³/mol. The summed E-state index contributed by atoms with van der Waals surface area (Å²) in [5, 5.41) is 4.38. The maximum atomic E-state index is 6.21. The Morgan fingerprint density at radius 1 is 0.514 bits per heavy atom. The van der Waals surface area contributed by atoms with E-state index in [1.54, 1.807) is 0 Å². The van der Waals surface area contributed by atoms with E-state index >= 15 is 0 Å². The highest BCUT2D eigenvalue weighted by Gasteiger charge is 2.19. The Labute approximate surface area is 222 Å². The molecular weight excluding hydrogens is 472 g/mol. The van der Waals surface area contributed by atoms with Crippen LogP contribution >= 0.6 is 11.6 Å². The number of nitrogens with zero attached hydrogens (tertiary/aromatic N) is 1. The van der Waals surface area contributed by atoms with Crippen LogP contribution < -0.4 is 5.32 Å². The molecule has 5 aromatic rings. The molecule has 1 unspecified atom stereocenters. The van der Waals surface area contributed by atoms with E-state index in [0.29, 0.717) is 0 Å². The molecule has 0 radical (unpaired) electrons. The van der Waals surface area contributed by atoms with Crippen LogP contribution in [0.1, 0.15) is 22.9 Å². The molecular formula is C34H25ClN2. The van der Waals surface area contributed by atoms with Crippen LogP contribution in [0.15, 0.2) is 145 Å². The van der Waals surface area contributed by atoms with Crippen molar-refractivity contribution in [3.05, 3.63) is 161 Å². The number of hydrogen-bond donors (Lipinski definition) is 1. The standard InChI is InChI=1S/C34H25ClN2/c35-31-13-7-12-30(22-31)26-16-20-28(21-17-26)33-23-32(36-34(37-33)29-10-5-2-6-11-29)27-18-14-25(15-19-27)24-8-3-1-4-9-24/h1-23,34,36H. The molecule has 1 heterocycles. The molecule has 0 saturated carbocycles. The molecule has 1 aliphatic rings. The van der Waals surface area contributed by atoms with Crippen molar-refractivity contribution in [1.82, 2.24) is 5.32 Å². The Hall–Kier alpha value is -4.40. The highest BCUT2D eigenvalue weighted by atomic mass is 35.5. The Kier molecular flexibility index (Phi) is 6.41. The first kappa shape index (κ1) is 23.0. The topological polar surface area (TPSA) is 24.4 Å². The maximum Gasteiger partial charge on any atom is 0.145 e. The second kappa shape index (κ2) is 10.3. The third kappa shape index (κ3) is 5.11. The van der Waals surface area contributed by atoms with Gasteiger partial charge in [-0.05, 0) is 57.2 Å². The summed E-state index contributed by atoms with van der Waals surface area (Å²) in [5.74, 6) is 0. The number of benzene rings is 5. The first-order chi connectivity index (χ1) is 18.2. The van der Waals surface area contributed by atoms with E-state index in [1.165, 1.54) is 11.1 Å². The zero-order valence-corrected chi connectivity index (χ0v) is 20.9. The fraction of sp³-hybridized carbons (Fsp3) is 0.0294. The van der Waals surface area contributed by atoms with Gasteiger partial charge in [-0.3, -0.25) is 4.99 Å². The van der Waals surface area contributed by atoms with Gasteiger partial charge in [-0.15, -0.1) is 0 Å². The molecule has 0 spiro atoms. The minimum absolute atomic E-state index is 0.169. The third-order valence-electron chi connectivity index (χ3n) is 6.60. The van der Waals surface area contributed by atoms with E-state index in [-0.39, 0.29) is 6.17 Å². The minimum Gasteiger partial charge on any atom is -0.360 e. The Bertz CT molecular complexity index is 1570. The molecule has 5 aromatic carbocycles. The first-order valence-corrected chi connectivity index (χ1v) is 12.7. The van der Waals surface area contributed by atoms with Crippen LogP contribution in [-0.2, 0) is 0 Å². The van der Waals surface area contributed by atoms with Crippen molar-refractivity contribution in [2.24, 2.45) is 4.99 Å². The van der Waals surface area contributed by atoms with Gasteiger partial charge >= 0.3 is 0 Å². The quantitative estimate of drug-likeness (QED) is 0.258. The molecule has 2 nitrogen and oxygen atoms in total. The molecule has 37 heavy (non-hydrogen) atoms. The Morgan fingerprint density at radius 2 is 1.05 bits per heavy atom. The molecule has 1 N–H and O–H groups in total. The summed E-state index contributed by atoms with van der Waals surface area (Å²) in [6, 6.07) is 46.0. The van der Waals surface area contributed by atoms with Gasteiger partial charge in [0, 0.05) is 10.7 Å². The maximum absolute atomic E-state index is 6.21. The van der Waals surface area contributed by atoms with Gasteiger partial charge in [0.15, 0.2) is 0 Å². The number of rotatable bonds is 5. The van der Waals surface area contributed by atoms with Crippen molar-refractivity contribution >= 4 is 23.0 Å². The number of aliphatic imine (C=N–C) groups is 1. The van der Waals surface area contributed by atoms with Crippen LogP contribution in [0.2, 0.25) is 5.02 Å². The fourth-order valence-electron chi connectivity index (χ4n) is 4.63. The summed E-state index contributed by atoms with van der Waals surface area (Å²) in [5.41, 5.74) is 9.97. The lowest BCUT2D eigenvalue weighted by molar-refractivity contribution is 0.664. The highest BCUT2D eigenvalue weighted by molar-refractivity contribution is 6.30. The van der Waals surface area contributed by atoms with Crippen LogP contribution in [0.4, 0.5) is 0 Å². The molecule has 1 aliphatic heterocycles. The SMILES string of the molecule is Clc1cccc(-c2ccc(C3=NC(c4ccccc4)NC(c4ccc(-c5ccccc5)cc4)=C3)cc2)c1. The van der Waals surface area contributed by atoms with Gasteiger partial charge in [-0.1, -0.05) is 133 Å². The molecule has 0 saturated heterocycles. The Morgan fingerprint density at radius 3 is 1.73 bits per heavy atom. The molecule has 1 atom stereocenters. The fourth-order valence-corrected chi connectivity index (χ4v) is 4.82. The predicted octanol–water partition coefficient (Wildman–Crippen LogP) is 8.81. The van der Waals surface area contributed by atoms with E-state index in [0.717, 1.165) is 44.2 Å². The average molecular weight is 497 g/mol. The van der Waals surface area contributed by atoms with E-state index in [1.807, 2.05) is 30.3 Å². The molecule has 0 aliphatic carbocycles. The van der Waals surface area contributed by atoms with Crippen LogP contribution in [0, 0.1) is 0 Å². The lowest BCUT2D eigenvalue weighted by atomic mass is 9.98. The van der Waals surface area contributed by atoms with Crippen LogP contribution in [-0.4, -0.2) is 5.71 Å². The van der Waals surface area contributed by atoms with Gasteiger partial charge < -0.3 is 5.32 Å². The number of halogens is 1. The van der Waals surface area contributed by atoms with E-state index in [9.17, 15) is 0 Å². The summed E-state index contributed by atoms with van der Waals surface area (Å²) in [6.07, 6.45) is 1.98. The van der Waals surface area contributed by atoms with Gasteiger partial charge in [0.05, 0.1) is 5.71 Å². The van der Waals surface area contributed by atoms with Gasteiger partial charge in [0.1, 0.15) is 6.17 Å². The first-order valence-electron chi connectivity index (χ1n) is 12.4. The van der Waals surface area contributed by atoms with Crippen LogP contribution in [0.3, 0.4) is 0 Å².